The summed E-state index contributed by atoms with van der Waals surface area (Å²) in [5.74, 6) is 0.113. The minimum Gasteiger partial charge on any atom is -0.272 e. The second kappa shape index (κ2) is 4.17. The average molecular weight is 249 g/mol. The molecule has 2 heterocycles. The maximum absolute atomic E-state index is 11.9. The zero-order valence-corrected chi connectivity index (χ0v) is 10.8. The molecule has 0 fully saturated rings. The van der Waals surface area contributed by atoms with Gasteiger partial charge < -0.3 is 0 Å². The first kappa shape index (κ1) is 12.2. The molecule has 2 rings (SSSR count). The Morgan fingerprint density at radius 3 is 2.22 bits per heavy atom. The lowest BCUT2D eigenvalue weighted by atomic mass is 10.5. The van der Waals surface area contributed by atoms with Gasteiger partial charge in [-0.2, -0.15) is 0 Å². The van der Waals surface area contributed by atoms with Crippen molar-refractivity contribution in [2.45, 2.75) is 13.8 Å². The quantitative estimate of drug-likeness (QED) is 0.798. The molecule has 0 aliphatic heterocycles. The molecule has 1 N–H and O–H groups in total. The van der Waals surface area contributed by atoms with Crippen LogP contribution in [-0.4, -0.2) is 19.0 Å². The van der Waals surface area contributed by atoms with Gasteiger partial charge in [-0.25, -0.2) is 9.48 Å². The number of hydrogen-bond acceptors (Lipinski definition) is 4. The molecule has 2 aromatic rings. The maximum Gasteiger partial charge on any atom is 0.346 e. The summed E-state index contributed by atoms with van der Waals surface area (Å²) in [4.78, 5) is 23.4. The van der Waals surface area contributed by atoms with Crippen LogP contribution in [0.2, 0.25) is 0 Å². The SMILES string of the molecule is Cc1ccc(C)n1Nc1nn(C)c(=O)n(C)c1=O. The largest absolute Gasteiger partial charge is 0.346 e. The van der Waals surface area contributed by atoms with E-state index in [-0.39, 0.29) is 5.82 Å². The summed E-state index contributed by atoms with van der Waals surface area (Å²) in [7, 11) is 2.93. The lowest BCUT2D eigenvalue weighted by Gasteiger charge is -2.12. The Labute approximate surface area is 103 Å². The highest BCUT2D eigenvalue weighted by Gasteiger charge is 2.10. The van der Waals surface area contributed by atoms with Crippen molar-refractivity contribution in [2.75, 3.05) is 5.43 Å². The van der Waals surface area contributed by atoms with Crippen LogP contribution in [0.15, 0.2) is 21.7 Å². The molecule has 0 aromatic carbocycles. The summed E-state index contributed by atoms with van der Waals surface area (Å²) in [5, 5.41) is 3.93. The van der Waals surface area contributed by atoms with E-state index in [0.29, 0.717) is 0 Å². The van der Waals surface area contributed by atoms with Gasteiger partial charge >= 0.3 is 11.2 Å². The first-order valence-corrected chi connectivity index (χ1v) is 5.48. The van der Waals surface area contributed by atoms with E-state index < -0.39 is 11.2 Å². The fourth-order valence-corrected chi connectivity index (χ4v) is 1.72. The average Bonchev–Trinajstić information content (AvgIpc) is 2.65. The fraction of sp³-hybridized carbons (Fsp3) is 0.364. The highest BCUT2D eigenvalue weighted by atomic mass is 16.2. The number of hydrogen-bond donors (Lipinski definition) is 1. The molecule has 96 valence electrons. The molecule has 0 unspecified atom stereocenters. The van der Waals surface area contributed by atoms with E-state index in [0.717, 1.165) is 20.6 Å². The first-order valence-electron chi connectivity index (χ1n) is 5.48. The summed E-state index contributed by atoms with van der Waals surface area (Å²) in [5.41, 5.74) is 3.90. The fourth-order valence-electron chi connectivity index (χ4n) is 1.72. The smallest absolute Gasteiger partial charge is 0.272 e. The monoisotopic (exact) mass is 249 g/mol. The molecule has 0 aliphatic carbocycles. The van der Waals surface area contributed by atoms with Gasteiger partial charge in [0.15, 0.2) is 0 Å². The molecule has 0 bridgehead atoms. The summed E-state index contributed by atoms with van der Waals surface area (Å²) in [6.07, 6.45) is 0. The van der Waals surface area contributed by atoms with Crippen LogP contribution in [0.3, 0.4) is 0 Å². The van der Waals surface area contributed by atoms with Crippen LogP contribution < -0.4 is 16.7 Å². The lowest BCUT2D eigenvalue weighted by molar-refractivity contribution is 0.600. The van der Waals surface area contributed by atoms with Gasteiger partial charge in [0.05, 0.1) is 0 Å². The van der Waals surface area contributed by atoms with Crippen molar-refractivity contribution >= 4 is 5.82 Å². The number of anilines is 1. The molecule has 2 aromatic heterocycles. The zero-order chi connectivity index (χ0) is 13.4. The highest BCUT2D eigenvalue weighted by molar-refractivity contribution is 5.32. The van der Waals surface area contributed by atoms with Crippen LogP contribution >= 0.6 is 0 Å². The number of aryl methyl sites for hydroxylation is 3. The van der Waals surface area contributed by atoms with Gasteiger partial charge in [-0.1, -0.05) is 0 Å². The molecule has 0 saturated heterocycles. The molecule has 18 heavy (non-hydrogen) atoms. The summed E-state index contributed by atoms with van der Waals surface area (Å²) in [6.45, 7) is 3.82. The van der Waals surface area contributed by atoms with Crippen molar-refractivity contribution in [3.05, 3.63) is 44.4 Å². The van der Waals surface area contributed by atoms with Crippen LogP contribution in [0.1, 0.15) is 11.4 Å². The van der Waals surface area contributed by atoms with E-state index in [1.807, 2.05) is 26.0 Å². The van der Waals surface area contributed by atoms with Gasteiger partial charge in [-0.05, 0) is 26.0 Å². The third kappa shape index (κ3) is 1.83. The van der Waals surface area contributed by atoms with Crippen LogP contribution in [0.5, 0.6) is 0 Å². The van der Waals surface area contributed by atoms with Crippen molar-refractivity contribution in [3.63, 3.8) is 0 Å². The second-order valence-corrected chi connectivity index (χ2v) is 4.18. The summed E-state index contributed by atoms with van der Waals surface area (Å²) < 4.78 is 3.88. The molecule has 0 atom stereocenters. The molecule has 0 aliphatic rings. The molecule has 0 amide bonds. The molecular weight excluding hydrogens is 234 g/mol. The maximum atomic E-state index is 11.9. The van der Waals surface area contributed by atoms with Crippen molar-refractivity contribution in [2.24, 2.45) is 14.1 Å². The third-order valence-electron chi connectivity index (χ3n) is 2.81. The van der Waals surface area contributed by atoms with E-state index in [1.54, 1.807) is 4.68 Å². The van der Waals surface area contributed by atoms with Gasteiger partial charge in [-0.15, -0.1) is 5.10 Å². The number of rotatable bonds is 2. The Hall–Kier alpha value is -2.31. The van der Waals surface area contributed by atoms with E-state index in [4.69, 9.17) is 0 Å². The van der Waals surface area contributed by atoms with Gasteiger partial charge in [0.25, 0.3) is 0 Å². The first-order chi connectivity index (χ1) is 8.41. The predicted octanol–water partition coefficient (Wildman–Crippen LogP) is -0.227. The molecule has 0 spiro atoms. The minimum absolute atomic E-state index is 0.113. The zero-order valence-electron chi connectivity index (χ0n) is 10.8. The van der Waals surface area contributed by atoms with Crippen molar-refractivity contribution in [1.82, 2.24) is 19.0 Å². The normalized spacial score (nSPS) is 10.7. The Bertz CT molecular complexity index is 688. The van der Waals surface area contributed by atoms with Crippen LogP contribution in [0.25, 0.3) is 0 Å². The topological polar surface area (TPSA) is 73.8 Å². The van der Waals surface area contributed by atoms with Crippen LogP contribution in [0.4, 0.5) is 5.82 Å². The minimum atomic E-state index is -0.453. The Morgan fingerprint density at radius 1 is 1.11 bits per heavy atom. The predicted molar refractivity (Wildman–Crippen MR) is 67.6 cm³/mol. The third-order valence-corrected chi connectivity index (χ3v) is 2.81. The lowest BCUT2D eigenvalue weighted by Crippen LogP contribution is -2.40. The number of nitrogens with one attached hydrogen (secondary N) is 1. The van der Waals surface area contributed by atoms with E-state index in [2.05, 4.69) is 10.5 Å². The van der Waals surface area contributed by atoms with Gasteiger partial charge in [0.1, 0.15) is 0 Å². The van der Waals surface area contributed by atoms with Crippen molar-refractivity contribution < 1.29 is 0 Å². The van der Waals surface area contributed by atoms with E-state index in [9.17, 15) is 9.59 Å². The summed E-state index contributed by atoms with van der Waals surface area (Å²) in [6, 6.07) is 3.85. The Kier molecular flexibility index (Phi) is 2.82. The second-order valence-electron chi connectivity index (χ2n) is 4.18. The standard InChI is InChI=1S/C11H15N5O2/c1-7-5-6-8(2)16(7)13-9-10(17)14(3)11(18)15(4)12-9/h5-6H,1-4H3,(H,12,13). The highest BCUT2D eigenvalue weighted by Crippen LogP contribution is 2.06. The molecule has 0 saturated carbocycles. The Balaban J connectivity index is 2.55. The molecule has 7 heteroatoms. The van der Waals surface area contributed by atoms with Crippen LogP contribution in [-0.2, 0) is 14.1 Å². The molecular formula is C11H15N5O2. The van der Waals surface area contributed by atoms with E-state index in [1.165, 1.54) is 14.1 Å². The Morgan fingerprint density at radius 2 is 1.67 bits per heavy atom. The van der Waals surface area contributed by atoms with Crippen molar-refractivity contribution in [1.29, 1.82) is 0 Å². The van der Waals surface area contributed by atoms with Gasteiger partial charge in [-0.3, -0.25) is 19.5 Å². The molecule has 0 radical (unpaired) electrons. The van der Waals surface area contributed by atoms with Crippen molar-refractivity contribution in [3.8, 4) is 0 Å². The van der Waals surface area contributed by atoms with Crippen LogP contribution in [0, 0.1) is 13.8 Å². The number of aromatic nitrogens is 4. The molecule has 7 nitrogen and oxygen atoms in total. The number of nitrogens with zero attached hydrogens (tertiary/aromatic N) is 4. The summed E-state index contributed by atoms with van der Waals surface area (Å²) >= 11 is 0. The van der Waals surface area contributed by atoms with Gasteiger partial charge in [0, 0.05) is 25.5 Å². The van der Waals surface area contributed by atoms with Gasteiger partial charge in [0.2, 0.25) is 5.82 Å². The van der Waals surface area contributed by atoms with E-state index >= 15 is 0 Å².